The molecule has 28 heavy (non-hydrogen) atoms. The molecule has 0 aliphatic carbocycles. The van der Waals surface area contributed by atoms with Gasteiger partial charge in [0.15, 0.2) is 5.17 Å². The fraction of sp³-hybridized carbons (Fsp3) is 0.200. The van der Waals surface area contributed by atoms with Gasteiger partial charge in [-0.05, 0) is 48.9 Å². The third-order valence-corrected chi connectivity index (χ3v) is 5.16. The molecule has 7 nitrogen and oxygen atoms in total. The molecule has 0 spiro atoms. The Morgan fingerprint density at radius 2 is 1.79 bits per heavy atom. The normalized spacial score (nSPS) is 17.9. The van der Waals surface area contributed by atoms with Gasteiger partial charge in [0.2, 0.25) is 11.8 Å². The minimum atomic E-state index is -0.604. The van der Waals surface area contributed by atoms with E-state index in [1.807, 2.05) is 37.3 Å². The number of carbonyl (C=O) groups is 2. The van der Waals surface area contributed by atoms with Crippen molar-refractivity contribution in [2.75, 3.05) is 12.0 Å². The molecule has 144 valence electrons. The number of methoxy groups -OCH3 is 1. The molecule has 0 unspecified atom stereocenters. The number of amidine groups is 1. The van der Waals surface area contributed by atoms with Crippen LogP contribution in [0.3, 0.4) is 0 Å². The highest BCUT2D eigenvalue weighted by molar-refractivity contribution is 8.14. The Bertz CT molecular complexity index is 926. The fourth-order valence-corrected chi connectivity index (χ4v) is 3.54. The average molecular weight is 396 g/mol. The van der Waals surface area contributed by atoms with Crippen LogP contribution < -0.4 is 15.4 Å². The molecule has 1 saturated heterocycles. The summed E-state index contributed by atoms with van der Waals surface area (Å²) >= 11 is 1.05. The van der Waals surface area contributed by atoms with Crippen LogP contribution in [0.2, 0.25) is 0 Å². The van der Waals surface area contributed by atoms with Gasteiger partial charge >= 0.3 is 0 Å². The van der Waals surface area contributed by atoms with Crippen molar-refractivity contribution in [1.29, 1.82) is 0 Å². The highest BCUT2D eigenvalue weighted by atomic mass is 32.2. The lowest BCUT2D eigenvalue weighted by atomic mass is 10.1. The Morgan fingerprint density at radius 3 is 2.43 bits per heavy atom. The van der Waals surface area contributed by atoms with Gasteiger partial charge in [0.1, 0.15) is 11.0 Å². The van der Waals surface area contributed by atoms with Crippen LogP contribution in [0.15, 0.2) is 64.8 Å². The molecule has 0 bridgehead atoms. The SMILES string of the molecule is COc1ccc(C(C)=NN=C(N)S[C@@H]2CC(=O)N(c3ccccc3)C2=O)cc1. The standard InChI is InChI=1S/C20H20N4O3S/c1-13(14-8-10-16(27-2)11-9-14)22-23-20(21)28-17-12-18(25)24(19(17)26)15-6-4-3-5-7-15/h3-11,17H,12H2,1-2H3,(H2,21,23)/t17-/m1/s1. The third-order valence-electron chi connectivity index (χ3n) is 4.19. The van der Waals surface area contributed by atoms with Crippen molar-refractivity contribution >= 4 is 40.1 Å². The summed E-state index contributed by atoms with van der Waals surface area (Å²) < 4.78 is 5.13. The molecule has 0 radical (unpaired) electrons. The van der Waals surface area contributed by atoms with Crippen LogP contribution in [0.1, 0.15) is 18.9 Å². The molecule has 1 aliphatic rings. The first kappa shape index (κ1) is 19.6. The zero-order valence-electron chi connectivity index (χ0n) is 15.5. The first-order chi connectivity index (χ1) is 13.5. The van der Waals surface area contributed by atoms with Gasteiger partial charge in [0, 0.05) is 6.42 Å². The van der Waals surface area contributed by atoms with Crippen LogP contribution in [0.25, 0.3) is 0 Å². The van der Waals surface area contributed by atoms with Gasteiger partial charge in [-0.2, -0.15) is 5.10 Å². The fourth-order valence-electron chi connectivity index (χ4n) is 2.73. The Labute approximate surface area is 167 Å². The molecule has 2 N–H and O–H groups in total. The zero-order chi connectivity index (χ0) is 20.1. The second-order valence-corrected chi connectivity index (χ2v) is 7.29. The Balaban J connectivity index is 1.67. The number of anilines is 1. The van der Waals surface area contributed by atoms with Gasteiger partial charge in [0.05, 0.1) is 18.5 Å². The minimum Gasteiger partial charge on any atom is -0.497 e. The summed E-state index contributed by atoms with van der Waals surface area (Å²) in [5.41, 5.74) is 8.03. The van der Waals surface area contributed by atoms with Gasteiger partial charge < -0.3 is 10.5 Å². The van der Waals surface area contributed by atoms with Gasteiger partial charge in [0.25, 0.3) is 0 Å². The number of nitrogens with two attached hydrogens (primary N) is 1. The van der Waals surface area contributed by atoms with E-state index in [4.69, 9.17) is 10.5 Å². The Morgan fingerprint density at radius 1 is 1.11 bits per heavy atom. The number of hydrogen-bond acceptors (Lipinski definition) is 6. The topological polar surface area (TPSA) is 97.3 Å². The molecule has 1 heterocycles. The summed E-state index contributed by atoms with van der Waals surface area (Å²) in [6.07, 6.45) is 0.0792. The quantitative estimate of drug-likeness (QED) is 0.363. The zero-order valence-corrected chi connectivity index (χ0v) is 16.3. The summed E-state index contributed by atoms with van der Waals surface area (Å²) in [6.45, 7) is 1.81. The van der Waals surface area contributed by atoms with E-state index in [0.717, 1.165) is 23.1 Å². The largest absolute Gasteiger partial charge is 0.497 e. The van der Waals surface area contributed by atoms with E-state index in [1.54, 1.807) is 31.4 Å². The van der Waals surface area contributed by atoms with Crippen molar-refractivity contribution in [3.05, 3.63) is 60.2 Å². The van der Waals surface area contributed by atoms with E-state index in [-0.39, 0.29) is 23.4 Å². The van der Waals surface area contributed by atoms with Gasteiger partial charge in [-0.1, -0.05) is 30.0 Å². The van der Waals surface area contributed by atoms with Gasteiger partial charge in [-0.15, -0.1) is 5.10 Å². The van der Waals surface area contributed by atoms with E-state index in [2.05, 4.69) is 10.2 Å². The Kier molecular flexibility index (Phi) is 6.10. The van der Waals surface area contributed by atoms with Crippen LogP contribution in [0, 0.1) is 0 Å². The lowest BCUT2D eigenvalue weighted by Crippen LogP contribution is -2.31. The molecular formula is C20H20N4O3S. The summed E-state index contributed by atoms with van der Waals surface area (Å²) in [6, 6.07) is 16.2. The van der Waals surface area contributed by atoms with Crippen molar-refractivity contribution in [2.45, 2.75) is 18.6 Å². The summed E-state index contributed by atoms with van der Waals surface area (Å²) in [4.78, 5) is 26.0. The summed E-state index contributed by atoms with van der Waals surface area (Å²) in [5.74, 6) is 0.206. The molecule has 1 fully saturated rings. The van der Waals surface area contributed by atoms with Crippen molar-refractivity contribution < 1.29 is 14.3 Å². The number of imide groups is 1. The van der Waals surface area contributed by atoms with E-state index in [9.17, 15) is 9.59 Å². The molecule has 0 aromatic heterocycles. The van der Waals surface area contributed by atoms with Gasteiger partial charge in [-0.25, -0.2) is 4.90 Å². The van der Waals surface area contributed by atoms with E-state index < -0.39 is 5.25 Å². The number of carbonyl (C=O) groups excluding carboxylic acids is 2. The van der Waals surface area contributed by atoms with Crippen molar-refractivity contribution in [3.8, 4) is 5.75 Å². The number of para-hydroxylation sites is 1. The molecule has 3 rings (SSSR count). The molecular weight excluding hydrogens is 376 g/mol. The molecule has 2 aromatic rings. The number of thioether (sulfide) groups is 1. The lowest BCUT2D eigenvalue weighted by Gasteiger charge is -2.14. The van der Waals surface area contributed by atoms with Crippen LogP contribution >= 0.6 is 11.8 Å². The first-order valence-electron chi connectivity index (χ1n) is 8.60. The second-order valence-electron chi connectivity index (χ2n) is 6.07. The maximum atomic E-state index is 12.6. The van der Waals surface area contributed by atoms with Crippen molar-refractivity contribution in [1.82, 2.24) is 0 Å². The monoisotopic (exact) mass is 396 g/mol. The first-order valence-corrected chi connectivity index (χ1v) is 9.48. The highest BCUT2D eigenvalue weighted by Crippen LogP contribution is 2.29. The Hall–Kier alpha value is -3.13. The highest BCUT2D eigenvalue weighted by Gasteiger charge is 2.40. The van der Waals surface area contributed by atoms with Crippen molar-refractivity contribution in [3.63, 3.8) is 0 Å². The number of ether oxygens (including phenoxy) is 1. The summed E-state index contributed by atoms with van der Waals surface area (Å²) in [5, 5.41) is 7.65. The van der Waals surface area contributed by atoms with Crippen LogP contribution in [0.4, 0.5) is 5.69 Å². The molecule has 1 aliphatic heterocycles. The predicted molar refractivity (Wildman–Crippen MR) is 112 cm³/mol. The van der Waals surface area contributed by atoms with Gasteiger partial charge in [-0.3, -0.25) is 9.59 Å². The number of rotatable bonds is 5. The average Bonchev–Trinajstić information content (AvgIpc) is 2.99. The molecule has 2 amide bonds. The van der Waals surface area contributed by atoms with E-state index >= 15 is 0 Å². The molecule has 8 heteroatoms. The van der Waals surface area contributed by atoms with Crippen LogP contribution in [0.5, 0.6) is 5.75 Å². The number of nitrogens with zero attached hydrogens (tertiary/aromatic N) is 3. The smallest absolute Gasteiger partial charge is 0.247 e. The number of hydrogen-bond donors (Lipinski definition) is 1. The van der Waals surface area contributed by atoms with Crippen molar-refractivity contribution in [2.24, 2.45) is 15.9 Å². The third kappa shape index (κ3) is 4.40. The lowest BCUT2D eigenvalue weighted by molar-refractivity contribution is -0.121. The number of amides is 2. The maximum Gasteiger partial charge on any atom is 0.247 e. The predicted octanol–water partition coefficient (Wildman–Crippen LogP) is 2.80. The second kappa shape index (κ2) is 8.71. The van der Waals surface area contributed by atoms with E-state index in [1.165, 1.54) is 4.90 Å². The van der Waals surface area contributed by atoms with Crippen LogP contribution in [-0.2, 0) is 9.59 Å². The number of benzene rings is 2. The van der Waals surface area contributed by atoms with E-state index in [0.29, 0.717) is 11.4 Å². The molecule has 0 saturated carbocycles. The maximum absolute atomic E-state index is 12.6. The minimum absolute atomic E-state index is 0.0792. The molecule has 1 atom stereocenters. The molecule has 2 aromatic carbocycles. The van der Waals surface area contributed by atoms with Crippen LogP contribution in [-0.4, -0.2) is 35.1 Å². The summed E-state index contributed by atoms with van der Waals surface area (Å²) in [7, 11) is 1.60.